The van der Waals surface area contributed by atoms with Crippen LogP contribution in [0.1, 0.15) is 0 Å². The van der Waals surface area contributed by atoms with Gasteiger partial charge in [0.2, 0.25) is 0 Å². The summed E-state index contributed by atoms with van der Waals surface area (Å²) in [5.74, 6) is 0.327. The Morgan fingerprint density at radius 1 is 1.23 bits per heavy atom. The minimum Gasteiger partial charge on any atom is -0.494 e. The van der Waals surface area contributed by atoms with Crippen LogP contribution in [0.4, 0.5) is 0 Å². The van der Waals surface area contributed by atoms with E-state index in [0.717, 1.165) is 0 Å². The van der Waals surface area contributed by atoms with E-state index in [1.165, 1.54) is 19.2 Å². The lowest BCUT2D eigenvalue weighted by Gasteiger charge is -2.07. The van der Waals surface area contributed by atoms with Crippen molar-refractivity contribution in [2.75, 3.05) is 7.11 Å². The molecule has 0 heterocycles. The summed E-state index contributed by atoms with van der Waals surface area (Å²) in [6.45, 7) is 0. The highest BCUT2D eigenvalue weighted by Gasteiger charge is 2.16. The molecule has 0 saturated carbocycles. The van der Waals surface area contributed by atoms with Crippen LogP contribution in [0, 0.1) is 0 Å². The van der Waals surface area contributed by atoms with Crippen LogP contribution in [-0.2, 0) is 0 Å². The summed E-state index contributed by atoms with van der Waals surface area (Å²) < 4.78 is 4.88. The van der Waals surface area contributed by atoms with Gasteiger partial charge < -0.3 is 14.8 Å². The first-order chi connectivity index (χ1) is 6.06. The fourth-order valence-electron chi connectivity index (χ4n) is 0.924. The van der Waals surface area contributed by atoms with Gasteiger partial charge in [-0.25, -0.2) is 0 Å². The zero-order valence-corrected chi connectivity index (χ0v) is 8.30. The van der Waals surface area contributed by atoms with Crippen LogP contribution in [0.2, 0.25) is 10.0 Å². The van der Waals surface area contributed by atoms with Crippen molar-refractivity contribution in [3.63, 3.8) is 0 Å². The third kappa shape index (κ3) is 2.28. The monoisotopic (exact) mass is 220 g/mol. The van der Waals surface area contributed by atoms with Crippen molar-refractivity contribution < 1.29 is 14.8 Å². The number of halogens is 2. The Morgan fingerprint density at radius 2 is 1.69 bits per heavy atom. The Hall–Kier alpha value is -0.415. The molecule has 0 aliphatic carbocycles. The molecule has 0 aliphatic rings. The van der Waals surface area contributed by atoms with E-state index in [1.807, 2.05) is 0 Å². The van der Waals surface area contributed by atoms with E-state index in [2.05, 4.69) is 0 Å². The molecule has 1 aromatic carbocycles. The van der Waals surface area contributed by atoms with Gasteiger partial charge in [0.25, 0.3) is 0 Å². The summed E-state index contributed by atoms with van der Waals surface area (Å²) in [5, 5.41) is 18.2. The molecule has 0 amide bonds. The predicted molar refractivity (Wildman–Crippen MR) is 52.8 cm³/mol. The van der Waals surface area contributed by atoms with E-state index in [1.54, 1.807) is 0 Å². The topological polar surface area (TPSA) is 49.7 Å². The van der Waals surface area contributed by atoms with Crippen LogP contribution >= 0.6 is 23.2 Å². The molecule has 0 aromatic heterocycles. The number of ether oxygens (including phenoxy) is 1. The van der Waals surface area contributed by atoms with Crippen molar-refractivity contribution in [3.05, 3.63) is 22.2 Å². The largest absolute Gasteiger partial charge is 0.494 e. The summed E-state index contributed by atoms with van der Waals surface area (Å²) in [6.07, 6.45) is 0. The first-order valence-electron chi connectivity index (χ1n) is 3.45. The minimum absolute atomic E-state index is 0.232. The molecule has 13 heavy (non-hydrogen) atoms. The van der Waals surface area contributed by atoms with Gasteiger partial charge in [0.15, 0.2) is 5.75 Å². The zero-order valence-electron chi connectivity index (χ0n) is 6.79. The SMILES string of the molecule is COc1c(Cl)cc(B(O)O)cc1Cl. The zero-order chi connectivity index (χ0) is 10.0. The number of methoxy groups -OCH3 is 1. The summed E-state index contributed by atoms with van der Waals surface area (Å²) in [7, 11) is -0.150. The molecule has 70 valence electrons. The quantitative estimate of drug-likeness (QED) is 0.721. The molecule has 0 saturated heterocycles. The second-order valence-electron chi connectivity index (χ2n) is 2.39. The molecule has 0 atom stereocenters. The highest BCUT2D eigenvalue weighted by atomic mass is 35.5. The van der Waals surface area contributed by atoms with Crippen LogP contribution in [-0.4, -0.2) is 24.3 Å². The van der Waals surface area contributed by atoms with Gasteiger partial charge in [-0.05, 0) is 17.6 Å². The molecule has 6 heteroatoms. The van der Waals surface area contributed by atoms with E-state index in [0.29, 0.717) is 5.75 Å². The van der Waals surface area contributed by atoms with Crippen LogP contribution in [0.15, 0.2) is 12.1 Å². The van der Waals surface area contributed by atoms with Crippen molar-refractivity contribution >= 4 is 35.8 Å². The maximum Gasteiger partial charge on any atom is 0.488 e. The molecule has 2 N–H and O–H groups in total. The Labute approximate surface area is 86.0 Å². The van der Waals surface area contributed by atoms with Crippen molar-refractivity contribution in [1.82, 2.24) is 0 Å². The second kappa shape index (κ2) is 4.20. The molecule has 1 rings (SSSR count). The molecule has 0 bridgehead atoms. The van der Waals surface area contributed by atoms with Crippen molar-refractivity contribution in [1.29, 1.82) is 0 Å². The van der Waals surface area contributed by atoms with Crippen LogP contribution in [0.3, 0.4) is 0 Å². The smallest absolute Gasteiger partial charge is 0.488 e. The lowest BCUT2D eigenvalue weighted by molar-refractivity contribution is 0.414. The first kappa shape index (κ1) is 10.7. The average Bonchev–Trinajstić information content (AvgIpc) is 2.03. The van der Waals surface area contributed by atoms with E-state index >= 15 is 0 Å². The third-order valence-electron chi connectivity index (χ3n) is 1.52. The van der Waals surface area contributed by atoms with Gasteiger partial charge in [0.1, 0.15) is 0 Å². The lowest BCUT2D eigenvalue weighted by atomic mass is 9.80. The van der Waals surface area contributed by atoms with E-state index in [9.17, 15) is 0 Å². The average molecular weight is 221 g/mol. The van der Waals surface area contributed by atoms with Crippen molar-refractivity contribution in [3.8, 4) is 5.75 Å². The van der Waals surface area contributed by atoms with Crippen molar-refractivity contribution in [2.24, 2.45) is 0 Å². The van der Waals surface area contributed by atoms with Gasteiger partial charge in [-0.2, -0.15) is 0 Å². The highest BCUT2D eigenvalue weighted by molar-refractivity contribution is 6.59. The maximum absolute atomic E-state index is 8.83. The molecule has 0 fully saturated rings. The standard InChI is InChI=1S/C7H7BCl2O3/c1-13-7-5(9)2-4(8(11)12)3-6(7)10/h2-3,11-12H,1H3. The summed E-state index contributed by atoms with van der Waals surface area (Å²) in [4.78, 5) is 0. The molecule has 0 radical (unpaired) electrons. The van der Waals surface area contributed by atoms with Gasteiger partial charge in [0.05, 0.1) is 17.2 Å². The number of benzene rings is 1. The van der Waals surface area contributed by atoms with E-state index in [-0.39, 0.29) is 15.5 Å². The fraction of sp³-hybridized carbons (Fsp3) is 0.143. The van der Waals surface area contributed by atoms with Crippen LogP contribution in [0.5, 0.6) is 5.75 Å². The van der Waals surface area contributed by atoms with E-state index in [4.69, 9.17) is 38.0 Å². The Bertz CT molecular complexity index is 294. The molecule has 3 nitrogen and oxygen atoms in total. The van der Waals surface area contributed by atoms with Gasteiger partial charge >= 0.3 is 7.12 Å². The molecule has 1 aromatic rings. The van der Waals surface area contributed by atoms with Crippen LogP contribution < -0.4 is 10.2 Å². The van der Waals surface area contributed by atoms with Crippen LogP contribution in [0.25, 0.3) is 0 Å². The summed E-state index contributed by atoms with van der Waals surface area (Å²) in [6, 6.07) is 2.77. The van der Waals surface area contributed by atoms with Gasteiger partial charge in [0, 0.05) is 0 Å². The first-order valence-corrected chi connectivity index (χ1v) is 4.21. The molecule has 0 unspecified atom stereocenters. The normalized spacial score (nSPS) is 9.92. The fourth-order valence-corrected chi connectivity index (χ4v) is 1.58. The molecule has 0 spiro atoms. The molecular weight excluding hydrogens is 214 g/mol. The van der Waals surface area contributed by atoms with Gasteiger partial charge in [-0.3, -0.25) is 0 Å². The van der Waals surface area contributed by atoms with E-state index < -0.39 is 7.12 Å². The number of rotatable bonds is 2. The summed E-state index contributed by atoms with van der Waals surface area (Å²) in [5.41, 5.74) is 0.232. The van der Waals surface area contributed by atoms with Gasteiger partial charge in [-0.1, -0.05) is 23.2 Å². The summed E-state index contributed by atoms with van der Waals surface area (Å²) >= 11 is 11.5. The predicted octanol–water partition coefficient (Wildman–Crippen LogP) is 0.682. The number of hydrogen-bond donors (Lipinski definition) is 2. The molecule has 0 aliphatic heterocycles. The number of hydrogen-bond acceptors (Lipinski definition) is 3. The second-order valence-corrected chi connectivity index (χ2v) is 3.21. The lowest BCUT2D eigenvalue weighted by Crippen LogP contribution is -2.29. The minimum atomic E-state index is -1.58. The maximum atomic E-state index is 8.83. The van der Waals surface area contributed by atoms with Crippen molar-refractivity contribution in [2.45, 2.75) is 0 Å². The molecular formula is C7H7BCl2O3. The Balaban J connectivity index is 3.20. The van der Waals surface area contributed by atoms with Gasteiger partial charge in [-0.15, -0.1) is 0 Å². The highest BCUT2D eigenvalue weighted by Crippen LogP contribution is 2.30. The Morgan fingerprint density at radius 3 is 2.00 bits per heavy atom. The third-order valence-corrected chi connectivity index (χ3v) is 2.08. The Kier molecular flexibility index (Phi) is 3.44.